The van der Waals surface area contributed by atoms with Gasteiger partial charge in [0.05, 0.1) is 6.33 Å². The standard InChI is InChI=1S/C18H26BrN5.HI/c1-3-15(11-16-5-4-6-17(19)12-16)13-23-18(20-2)22-8-10-24-9-7-21-14-24;/h4-7,9,12,14-15H,3,8,10-11,13H2,1-2H3,(H2,20,22,23);1H. The number of hydrogen-bond acceptors (Lipinski definition) is 2. The lowest BCUT2D eigenvalue weighted by Gasteiger charge is -2.18. The first-order valence-corrected chi connectivity index (χ1v) is 9.15. The lowest BCUT2D eigenvalue weighted by molar-refractivity contribution is 0.493. The summed E-state index contributed by atoms with van der Waals surface area (Å²) in [6.45, 7) is 4.84. The number of aromatic nitrogens is 2. The quantitative estimate of drug-likeness (QED) is 0.317. The van der Waals surface area contributed by atoms with Gasteiger partial charge in [0.2, 0.25) is 0 Å². The maximum absolute atomic E-state index is 4.30. The molecule has 2 aromatic rings. The number of nitrogens with one attached hydrogen (secondary N) is 2. The molecule has 0 saturated heterocycles. The molecule has 0 aliphatic carbocycles. The van der Waals surface area contributed by atoms with Gasteiger partial charge in [-0.2, -0.15) is 0 Å². The van der Waals surface area contributed by atoms with Crippen molar-refractivity contribution in [1.82, 2.24) is 20.2 Å². The zero-order valence-corrected chi connectivity index (χ0v) is 18.7. The third kappa shape index (κ3) is 8.22. The van der Waals surface area contributed by atoms with E-state index < -0.39 is 0 Å². The predicted octanol–water partition coefficient (Wildman–Crippen LogP) is 3.70. The Kier molecular flexibility index (Phi) is 10.8. The first-order chi connectivity index (χ1) is 11.7. The first-order valence-electron chi connectivity index (χ1n) is 8.36. The summed E-state index contributed by atoms with van der Waals surface area (Å²) < 4.78 is 3.18. The number of aliphatic imine (C=N–C) groups is 1. The Balaban J connectivity index is 0.00000312. The van der Waals surface area contributed by atoms with E-state index in [1.165, 1.54) is 5.56 Å². The van der Waals surface area contributed by atoms with Crippen molar-refractivity contribution in [2.45, 2.75) is 26.3 Å². The third-order valence-corrected chi connectivity index (χ3v) is 4.49. The van der Waals surface area contributed by atoms with Crippen LogP contribution in [0.15, 0.2) is 52.5 Å². The van der Waals surface area contributed by atoms with E-state index in [9.17, 15) is 0 Å². The molecule has 0 radical (unpaired) electrons. The summed E-state index contributed by atoms with van der Waals surface area (Å²) in [5, 5.41) is 6.78. The number of halogens is 2. The van der Waals surface area contributed by atoms with Crippen molar-refractivity contribution in [3.05, 3.63) is 53.0 Å². The molecule has 25 heavy (non-hydrogen) atoms. The Morgan fingerprint density at radius 2 is 2.20 bits per heavy atom. The predicted molar refractivity (Wildman–Crippen MR) is 119 cm³/mol. The average Bonchev–Trinajstić information content (AvgIpc) is 3.10. The maximum atomic E-state index is 4.30. The molecule has 0 fully saturated rings. The molecule has 0 aliphatic rings. The molecule has 1 unspecified atom stereocenters. The van der Waals surface area contributed by atoms with Crippen LogP contribution in [-0.4, -0.2) is 35.6 Å². The van der Waals surface area contributed by atoms with Crippen molar-refractivity contribution in [3.8, 4) is 0 Å². The fraction of sp³-hybridized carbons (Fsp3) is 0.444. The van der Waals surface area contributed by atoms with Crippen LogP contribution in [0.5, 0.6) is 0 Å². The lowest BCUT2D eigenvalue weighted by Crippen LogP contribution is -2.41. The summed E-state index contributed by atoms with van der Waals surface area (Å²) in [4.78, 5) is 8.34. The Morgan fingerprint density at radius 1 is 1.36 bits per heavy atom. The van der Waals surface area contributed by atoms with Crippen molar-refractivity contribution in [2.75, 3.05) is 20.1 Å². The summed E-state index contributed by atoms with van der Waals surface area (Å²) in [5.74, 6) is 1.43. The minimum Gasteiger partial charge on any atom is -0.356 e. The van der Waals surface area contributed by atoms with Gasteiger partial charge in [0.25, 0.3) is 0 Å². The second kappa shape index (κ2) is 12.3. The minimum atomic E-state index is 0. The Bertz CT molecular complexity index is 630. The zero-order chi connectivity index (χ0) is 17.2. The monoisotopic (exact) mass is 519 g/mol. The molecular formula is C18H27BrIN5. The van der Waals surface area contributed by atoms with Gasteiger partial charge < -0.3 is 15.2 Å². The van der Waals surface area contributed by atoms with E-state index in [0.717, 1.165) is 42.9 Å². The molecule has 1 aromatic carbocycles. The molecule has 0 saturated carbocycles. The van der Waals surface area contributed by atoms with Gasteiger partial charge in [0, 0.05) is 43.5 Å². The van der Waals surface area contributed by atoms with Gasteiger partial charge in [-0.3, -0.25) is 4.99 Å². The van der Waals surface area contributed by atoms with Crippen LogP contribution in [-0.2, 0) is 13.0 Å². The molecule has 0 aliphatic heterocycles. The summed E-state index contributed by atoms with van der Waals surface area (Å²) >= 11 is 3.54. The first kappa shape index (κ1) is 22.0. The Morgan fingerprint density at radius 3 is 2.84 bits per heavy atom. The fourth-order valence-electron chi connectivity index (χ4n) is 2.54. The average molecular weight is 520 g/mol. The van der Waals surface area contributed by atoms with Gasteiger partial charge in [-0.15, -0.1) is 24.0 Å². The van der Waals surface area contributed by atoms with Crippen LogP contribution < -0.4 is 10.6 Å². The highest BCUT2D eigenvalue weighted by Gasteiger charge is 2.09. The van der Waals surface area contributed by atoms with E-state index in [0.29, 0.717) is 5.92 Å². The lowest BCUT2D eigenvalue weighted by atomic mass is 9.97. The van der Waals surface area contributed by atoms with Crippen LogP contribution in [0.1, 0.15) is 18.9 Å². The summed E-state index contributed by atoms with van der Waals surface area (Å²) in [6.07, 6.45) is 7.77. The topological polar surface area (TPSA) is 54.2 Å². The number of rotatable bonds is 8. The number of nitrogens with zero attached hydrogens (tertiary/aromatic N) is 3. The summed E-state index contributed by atoms with van der Waals surface area (Å²) in [5.41, 5.74) is 1.36. The largest absolute Gasteiger partial charge is 0.356 e. The molecule has 7 heteroatoms. The van der Waals surface area contributed by atoms with Crippen molar-refractivity contribution in [2.24, 2.45) is 10.9 Å². The third-order valence-electron chi connectivity index (χ3n) is 3.99. The highest BCUT2D eigenvalue weighted by Crippen LogP contribution is 2.16. The molecule has 0 spiro atoms. The van der Waals surface area contributed by atoms with Gasteiger partial charge >= 0.3 is 0 Å². The highest BCUT2D eigenvalue weighted by atomic mass is 127. The molecule has 2 rings (SSSR count). The van der Waals surface area contributed by atoms with Gasteiger partial charge in [0.1, 0.15) is 0 Å². The van der Waals surface area contributed by atoms with Crippen molar-refractivity contribution in [1.29, 1.82) is 0 Å². The zero-order valence-electron chi connectivity index (χ0n) is 14.8. The Labute approximate surface area is 175 Å². The number of hydrogen-bond donors (Lipinski definition) is 2. The minimum absolute atomic E-state index is 0. The highest BCUT2D eigenvalue weighted by molar-refractivity contribution is 14.0. The SMILES string of the molecule is CCC(CNC(=NC)NCCn1ccnc1)Cc1cccc(Br)c1.I. The molecule has 1 aromatic heterocycles. The van der Waals surface area contributed by atoms with E-state index in [1.807, 2.05) is 24.1 Å². The molecule has 5 nitrogen and oxygen atoms in total. The van der Waals surface area contributed by atoms with E-state index in [2.05, 4.69) is 67.7 Å². The van der Waals surface area contributed by atoms with Gasteiger partial charge in [-0.05, 0) is 30.0 Å². The van der Waals surface area contributed by atoms with Crippen LogP contribution in [0.25, 0.3) is 0 Å². The Hall–Kier alpha value is -1.09. The van der Waals surface area contributed by atoms with E-state index in [1.54, 1.807) is 6.20 Å². The van der Waals surface area contributed by atoms with Gasteiger partial charge in [0.15, 0.2) is 5.96 Å². The molecule has 138 valence electrons. The number of benzene rings is 1. The summed E-state index contributed by atoms with van der Waals surface area (Å²) in [6, 6.07) is 8.54. The molecule has 0 bridgehead atoms. The van der Waals surface area contributed by atoms with E-state index in [4.69, 9.17) is 0 Å². The van der Waals surface area contributed by atoms with E-state index >= 15 is 0 Å². The van der Waals surface area contributed by atoms with Crippen molar-refractivity contribution < 1.29 is 0 Å². The van der Waals surface area contributed by atoms with Crippen molar-refractivity contribution in [3.63, 3.8) is 0 Å². The van der Waals surface area contributed by atoms with Crippen LogP contribution in [0.4, 0.5) is 0 Å². The smallest absolute Gasteiger partial charge is 0.191 e. The maximum Gasteiger partial charge on any atom is 0.191 e. The van der Waals surface area contributed by atoms with Gasteiger partial charge in [-0.25, -0.2) is 4.98 Å². The van der Waals surface area contributed by atoms with E-state index in [-0.39, 0.29) is 24.0 Å². The number of guanidine groups is 1. The number of imidazole rings is 1. The second-order valence-electron chi connectivity index (χ2n) is 5.79. The normalized spacial score (nSPS) is 12.4. The van der Waals surface area contributed by atoms with Crippen LogP contribution in [0.2, 0.25) is 0 Å². The molecule has 1 heterocycles. The van der Waals surface area contributed by atoms with Crippen LogP contribution in [0.3, 0.4) is 0 Å². The fourth-order valence-corrected chi connectivity index (χ4v) is 2.99. The van der Waals surface area contributed by atoms with Crippen LogP contribution >= 0.6 is 39.9 Å². The van der Waals surface area contributed by atoms with Crippen molar-refractivity contribution >= 4 is 45.9 Å². The van der Waals surface area contributed by atoms with Gasteiger partial charge in [-0.1, -0.05) is 41.4 Å². The molecule has 0 amide bonds. The second-order valence-corrected chi connectivity index (χ2v) is 6.70. The van der Waals surface area contributed by atoms with Crippen LogP contribution in [0, 0.1) is 5.92 Å². The molecule has 1 atom stereocenters. The summed E-state index contributed by atoms with van der Waals surface area (Å²) in [7, 11) is 1.81. The molecular weight excluding hydrogens is 493 g/mol. The molecule has 2 N–H and O–H groups in total.